The minimum Gasteiger partial charge on any atom is -0.356 e. The van der Waals surface area contributed by atoms with Gasteiger partial charge in [0.25, 0.3) is 0 Å². The lowest BCUT2D eigenvalue weighted by atomic mass is 9.63. The standard InChI is InChI=1S/C15H20N2O3/c1-2-16-11(18)7-8-17-14(19)12-9-3-4-10(6-5-9)13(12)15(17)20/h3-4,9-10,12-13H,2,5-8H2,1H3,(H,16,18)/t9-,10-,12-,13+/m0/s1. The van der Waals surface area contributed by atoms with Gasteiger partial charge in [0.1, 0.15) is 0 Å². The van der Waals surface area contributed by atoms with Crippen molar-refractivity contribution in [2.75, 3.05) is 13.1 Å². The number of likely N-dealkylation sites (tertiary alicyclic amines) is 1. The summed E-state index contributed by atoms with van der Waals surface area (Å²) < 4.78 is 0. The van der Waals surface area contributed by atoms with Crippen molar-refractivity contribution in [3.8, 4) is 0 Å². The number of carbonyl (C=O) groups excluding carboxylic acids is 3. The number of nitrogens with one attached hydrogen (secondary N) is 1. The van der Waals surface area contributed by atoms with Crippen molar-refractivity contribution in [2.45, 2.75) is 26.2 Å². The van der Waals surface area contributed by atoms with E-state index in [0.29, 0.717) is 6.54 Å². The minimum atomic E-state index is -0.166. The lowest BCUT2D eigenvalue weighted by Crippen LogP contribution is -2.38. The van der Waals surface area contributed by atoms with Gasteiger partial charge >= 0.3 is 0 Å². The molecule has 1 aliphatic heterocycles. The van der Waals surface area contributed by atoms with Gasteiger partial charge in [0.2, 0.25) is 17.7 Å². The van der Waals surface area contributed by atoms with E-state index < -0.39 is 0 Å². The first-order chi connectivity index (χ1) is 9.63. The van der Waals surface area contributed by atoms with Crippen LogP contribution in [0.2, 0.25) is 0 Å². The summed E-state index contributed by atoms with van der Waals surface area (Å²) in [6.45, 7) is 2.64. The molecule has 0 radical (unpaired) electrons. The van der Waals surface area contributed by atoms with Gasteiger partial charge in [0.05, 0.1) is 11.8 Å². The van der Waals surface area contributed by atoms with E-state index in [0.717, 1.165) is 12.8 Å². The molecule has 4 rings (SSSR count). The predicted octanol–water partition coefficient (Wildman–Crippen LogP) is 0.710. The topological polar surface area (TPSA) is 66.5 Å². The zero-order valence-corrected chi connectivity index (χ0v) is 11.7. The van der Waals surface area contributed by atoms with E-state index in [4.69, 9.17) is 0 Å². The molecule has 108 valence electrons. The molecule has 0 aromatic carbocycles. The smallest absolute Gasteiger partial charge is 0.233 e. The molecule has 0 spiro atoms. The maximum Gasteiger partial charge on any atom is 0.233 e. The SMILES string of the molecule is CCNC(=O)CCN1C(=O)[C@@H]2[C@H](C1=O)[C@H]1C=C[C@H]2CC1. The van der Waals surface area contributed by atoms with Crippen LogP contribution in [0.1, 0.15) is 26.2 Å². The summed E-state index contributed by atoms with van der Waals surface area (Å²) in [5, 5.41) is 2.69. The van der Waals surface area contributed by atoms with E-state index in [-0.39, 0.29) is 54.4 Å². The highest BCUT2D eigenvalue weighted by Crippen LogP contribution is 2.49. The first kappa shape index (κ1) is 13.3. The summed E-state index contributed by atoms with van der Waals surface area (Å²) in [6.07, 6.45) is 6.42. The molecule has 1 saturated carbocycles. The van der Waals surface area contributed by atoms with E-state index in [1.807, 2.05) is 6.92 Å². The van der Waals surface area contributed by atoms with Gasteiger partial charge < -0.3 is 5.32 Å². The maximum atomic E-state index is 12.4. The van der Waals surface area contributed by atoms with Gasteiger partial charge in [0, 0.05) is 19.5 Å². The minimum absolute atomic E-state index is 0.0663. The second-order valence-corrected chi connectivity index (χ2v) is 5.87. The molecular formula is C15H20N2O3. The number of hydrogen-bond acceptors (Lipinski definition) is 3. The summed E-state index contributed by atoms with van der Waals surface area (Å²) in [6, 6.07) is 0. The van der Waals surface area contributed by atoms with Crippen molar-refractivity contribution in [1.82, 2.24) is 10.2 Å². The van der Waals surface area contributed by atoms with Crippen LogP contribution in [-0.4, -0.2) is 35.7 Å². The van der Waals surface area contributed by atoms with Crippen LogP contribution in [0.25, 0.3) is 0 Å². The third-order valence-electron chi connectivity index (χ3n) is 4.79. The van der Waals surface area contributed by atoms with Crippen molar-refractivity contribution < 1.29 is 14.4 Å². The highest BCUT2D eigenvalue weighted by Gasteiger charge is 2.56. The second kappa shape index (κ2) is 5.04. The van der Waals surface area contributed by atoms with Crippen LogP contribution in [0.15, 0.2) is 12.2 Å². The number of carbonyl (C=O) groups is 3. The van der Waals surface area contributed by atoms with E-state index in [2.05, 4.69) is 17.5 Å². The Kier molecular flexibility index (Phi) is 3.36. The number of amides is 3. The molecule has 2 fully saturated rings. The van der Waals surface area contributed by atoms with Crippen LogP contribution in [0.3, 0.4) is 0 Å². The zero-order valence-electron chi connectivity index (χ0n) is 11.7. The summed E-state index contributed by atoms with van der Waals surface area (Å²) in [4.78, 5) is 37.7. The van der Waals surface area contributed by atoms with E-state index >= 15 is 0 Å². The largest absolute Gasteiger partial charge is 0.356 e. The zero-order chi connectivity index (χ0) is 14.3. The molecular weight excluding hydrogens is 256 g/mol. The summed E-state index contributed by atoms with van der Waals surface area (Å²) in [7, 11) is 0. The Morgan fingerprint density at radius 3 is 2.20 bits per heavy atom. The number of nitrogens with zero attached hydrogens (tertiary/aromatic N) is 1. The first-order valence-electron chi connectivity index (χ1n) is 7.43. The first-order valence-corrected chi connectivity index (χ1v) is 7.43. The average Bonchev–Trinajstić information content (AvgIpc) is 2.73. The van der Waals surface area contributed by atoms with Gasteiger partial charge in [-0.05, 0) is 31.6 Å². The maximum absolute atomic E-state index is 12.4. The van der Waals surface area contributed by atoms with Gasteiger partial charge in [-0.25, -0.2) is 0 Å². The normalized spacial score (nSPS) is 34.5. The van der Waals surface area contributed by atoms with E-state index in [1.54, 1.807) is 0 Å². The molecule has 5 heteroatoms. The molecule has 3 amide bonds. The molecule has 1 N–H and O–H groups in total. The Balaban J connectivity index is 1.71. The van der Waals surface area contributed by atoms with Gasteiger partial charge in [-0.2, -0.15) is 0 Å². The Morgan fingerprint density at radius 2 is 1.75 bits per heavy atom. The van der Waals surface area contributed by atoms with Gasteiger partial charge in [-0.15, -0.1) is 0 Å². The molecule has 0 aromatic rings. The van der Waals surface area contributed by atoms with Crippen molar-refractivity contribution in [1.29, 1.82) is 0 Å². The summed E-state index contributed by atoms with van der Waals surface area (Å²) in [5.41, 5.74) is 0. The highest BCUT2D eigenvalue weighted by atomic mass is 16.2. The molecule has 20 heavy (non-hydrogen) atoms. The van der Waals surface area contributed by atoms with Gasteiger partial charge in [-0.3, -0.25) is 19.3 Å². The molecule has 5 nitrogen and oxygen atoms in total. The summed E-state index contributed by atoms with van der Waals surface area (Å²) in [5.74, 6) is -0.136. The van der Waals surface area contributed by atoms with Crippen LogP contribution in [0.5, 0.6) is 0 Å². The van der Waals surface area contributed by atoms with Crippen molar-refractivity contribution in [3.63, 3.8) is 0 Å². The quantitative estimate of drug-likeness (QED) is 0.607. The molecule has 0 aromatic heterocycles. The van der Waals surface area contributed by atoms with Gasteiger partial charge in [-0.1, -0.05) is 12.2 Å². The third-order valence-corrected chi connectivity index (χ3v) is 4.79. The van der Waals surface area contributed by atoms with Gasteiger partial charge in [0.15, 0.2) is 0 Å². The summed E-state index contributed by atoms with van der Waals surface area (Å²) >= 11 is 0. The number of fused-ring (bicyclic) bond motifs is 1. The number of hydrogen-bond donors (Lipinski definition) is 1. The fourth-order valence-electron chi connectivity index (χ4n) is 3.86. The predicted molar refractivity (Wildman–Crippen MR) is 72.4 cm³/mol. The molecule has 4 atom stereocenters. The molecule has 1 heterocycles. The Bertz CT molecular complexity index is 454. The molecule has 2 bridgehead atoms. The van der Waals surface area contributed by atoms with Crippen molar-refractivity contribution in [3.05, 3.63) is 12.2 Å². The third kappa shape index (κ3) is 1.96. The fourth-order valence-corrected chi connectivity index (χ4v) is 3.86. The molecule has 0 unspecified atom stereocenters. The number of rotatable bonds is 4. The Labute approximate surface area is 118 Å². The lowest BCUT2D eigenvalue weighted by molar-refractivity contribution is -0.140. The Hall–Kier alpha value is -1.65. The van der Waals surface area contributed by atoms with Crippen LogP contribution >= 0.6 is 0 Å². The van der Waals surface area contributed by atoms with Crippen molar-refractivity contribution in [2.24, 2.45) is 23.7 Å². The fraction of sp³-hybridized carbons (Fsp3) is 0.667. The van der Waals surface area contributed by atoms with E-state index in [9.17, 15) is 14.4 Å². The molecule has 4 aliphatic rings. The Morgan fingerprint density at radius 1 is 1.20 bits per heavy atom. The second-order valence-electron chi connectivity index (χ2n) is 5.87. The van der Waals surface area contributed by atoms with Crippen LogP contribution < -0.4 is 5.32 Å². The highest BCUT2D eigenvalue weighted by molar-refractivity contribution is 6.06. The molecule has 1 saturated heterocycles. The van der Waals surface area contributed by atoms with Crippen LogP contribution in [0.4, 0.5) is 0 Å². The molecule has 3 aliphatic carbocycles. The lowest BCUT2D eigenvalue weighted by Gasteiger charge is -2.38. The van der Waals surface area contributed by atoms with Crippen LogP contribution in [0, 0.1) is 23.7 Å². The van der Waals surface area contributed by atoms with E-state index in [1.165, 1.54) is 4.90 Å². The average molecular weight is 276 g/mol. The number of imide groups is 1. The van der Waals surface area contributed by atoms with Crippen molar-refractivity contribution >= 4 is 17.7 Å². The number of allylic oxidation sites excluding steroid dienone is 2. The van der Waals surface area contributed by atoms with Crippen LogP contribution in [-0.2, 0) is 14.4 Å². The monoisotopic (exact) mass is 276 g/mol.